The van der Waals surface area contributed by atoms with Crippen LogP contribution in [0.15, 0.2) is 6.07 Å². The summed E-state index contributed by atoms with van der Waals surface area (Å²) < 4.78 is 0. The summed E-state index contributed by atoms with van der Waals surface area (Å²) in [6, 6.07) is 4.42. The molecule has 3 nitrogen and oxygen atoms in total. The number of aromatic nitrogens is 1. The molecule has 0 amide bonds. The molecule has 0 N–H and O–H groups in total. The van der Waals surface area contributed by atoms with Gasteiger partial charge in [-0.25, -0.2) is 4.98 Å². The van der Waals surface area contributed by atoms with E-state index in [0.29, 0.717) is 0 Å². The largest absolute Gasteiger partial charge is 0.356 e. The van der Waals surface area contributed by atoms with Crippen LogP contribution in [0.25, 0.3) is 0 Å². The fraction of sp³-hybridized carbons (Fsp3) is 0.625. The molecule has 1 aliphatic carbocycles. The summed E-state index contributed by atoms with van der Waals surface area (Å²) in [5, 5.41) is 9.39. The van der Waals surface area contributed by atoms with Gasteiger partial charge in [-0.05, 0) is 50.2 Å². The lowest BCUT2D eigenvalue weighted by Crippen LogP contribution is -2.27. The molecule has 3 heteroatoms. The monoisotopic (exact) mass is 257 g/mol. The molecule has 0 aliphatic heterocycles. The quantitative estimate of drug-likeness (QED) is 0.811. The molecule has 102 valence electrons. The fourth-order valence-electron chi connectivity index (χ4n) is 2.81. The highest BCUT2D eigenvalue weighted by molar-refractivity contribution is 5.56. The zero-order valence-corrected chi connectivity index (χ0v) is 12.1. The van der Waals surface area contributed by atoms with Crippen molar-refractivity contribution in [3.8, 4) is 6.07 Å². The van der Waals surface area contributed by atoms with Gasteiger partial charge in [-0.2, -0.15) is 5.26 Å². The van der Waals surface area contributed by atoms with Crippen molar-refractivity contribution < 1.29 is 0 Å². The molecule has 0 bridgehead atoms. The second-order valence-electron chi connectivity index (χ2n) is 5.27. The molecule has 1 aromatic rings. The summed E-state index contributed by atoms with van der Waals surface area (Å²) in [7, 11) is 0. The number of hydrogen-bond donors (Lipinski definition) is 0. The second-order valence-corrected chi connectivity index (χ2v) is 5.27. The van der Waals surface area contributed by atoms with E-state index in [-0.39, 0.29) is 0 Å². The van der Waals surface area contributed by atoms with Crippen LogP contribution in [-0.4, -0.2) is 18.1 Å². The zero-order chi connectivity index (χ0) is 13.7. The van der Waals surface area contributed by atoms with Crippen molar-refractivity contribution in [3.05, 3.63) is 22.9 Å². The van der Waals surface area contributed by atoms with E-state index in [1.54, 1.807) is 0 Å². The summed E-state index contributed by atoms with van der Waals surface area (Å²) in [6.07, 6.45) is 6.78. The van der Waals surface area contributed by atoms with E-state index >= 15 is 0 Å². The molecule has 0 aromatic carbocycles. The summed E-state index contributed by atoms with van der Waals surface area (Å²) in [5.74, 6) is 0.909. The van der Waals surface area contributed by atoms with E-state index in [4.69, 9.17) is 4.98 Å². The Hall–Kier alpha value is -1.56. The van der Waals surface area contributed by atoms with Gasteiger partial charge >= 0.3 is 0 Å². The smallest absolute Gasteiger partial charge is 0.146 e. The van der Waals surface area contributed by atoms with Gasteiger partial charge in [0.15, 0.2) is 0 Å². The van der Waals surface area contributed by atoms with E-state index in [1.807, 2.05) is 0 Å². The molecule has 0 saturated carbocycles. The molecule has 0 spiro atoms. The average Bonchev–Trinajstić information content (AvgIpc) is 2.45. The first-order chi connectivity index (χ1) is 9.30. The van der Waals surface area contributed by atoms with Crippen LogP contribution in [0.5, 0.6) is 0 Å². The van der Waals surface area contributed by atoms with Crippen molar-refractivity contribution in [1.29, 1.82) is 5.26 Å². The van der Waals surface area contributed by atoms with Gasteiger partial charge in [0.1, 0.15) is 11.9 Å². The molecule has 1 heterocycles. The van der Waals surface area contributed by atoms with Crippen LogP contribution in [0.3, 0.4) is 0 Å². The highest BCUT2D eigenvalue weighted by Crippen LogP contribution is 2.26. The molecule has 0 saturated heterocycles. The van der Waals surface area contributed by atoms with Gasteiger partial charge in [0.05, 0.1) is 5.56 Å². The van der Waals surface area contributed by atoms with Crippen LogP contribution in [0.1, 0.15) is 56.4 Å². The molecule has 19 heavy (non-hydrogen) atoms. The minimum atomic E-state index is 0.752. The maximum Gasteiger partial charge on any atom is 0.146 e. The molecular formula is C16H23N3. The SMILES string of the molecule is CCCN(CCC)c1nc2c(cc1C#N)CCCC2. The molecule has 0 unspecified atom stereocenters. The first kappa shape index (κ1) is 13.9. The second kappa shape index (κ2) is 6.56. The van der Waals surface area contributed by atoms with Crippen LogP contribution in [-0.2, 0) is 12.8 Å². The Kier molecular flexibility index (Phi) is 4.79. The van der Waals surface area contributed by atoms with Gasteiger partial charge < -0.3 is 4.90 Å². The number of aryl methyl sites for hydroxylation is 2. The molecule has 2 rings (SSSR count). The summed E-state index contributed by atoms with van der Waals surface area (Å²) in [4.78, 5) is 7.10. The van der Waals surface area contributed by atoms with Crippen LogP contribution >= 0.6 is 0 Å². The first-order valence-electron chi connectivity index (χ1n) is 7.48. The van der Waals surface area contributed by atoms with Crippen molar-refractivity contribution in [1.82, 2.24) is 4.98 Å². The number of pyridine rings is 1. The average molecular weight is 257 g/mol. The number of nitriles is 1. The van der Waals surface area contributed by atoms with Gasteiger partial charge in [0.2, 0.25) is 0 Å². The summed E-state index contributed by atoms with van der Waals surface area (Å²) in [5.41, 5.74) is 3.26. The van der Waals surface area contributed by atoms with Gasteiger partial charge in [0.25, 0.3) is 0 Å². The zero-order valence-electron chi connectivity index (χ0n) is 12.1. The standard InChI is InChI=1S/C16H23N3/c1-3-9-19(10-4-2)16-14(12-17)11-13-7-5-6-8-15(13)18-16/h11H,3-10H2,1-2H3. The number of hydrogen-bond acceptors (Lipinski definition) is 3. The highest BCUT2D eigenvalue weighted by Gasteiger charge is 2.18. The van der Waals surface area contributed by atoms with Crippen molar-refractivity contribution in [2.24, 2.45) is 0 Å². The summed E-state index contributed by atoms with van der Waals surface area (Å²) in [6.45, 7) is 6.31. The van der Waals surface area contributed by atoms with E-state index < -0.39 is 0 Å². The Morgan fingerprint density at radius 1 is 1.21 bits per heavy atom. The van der Waals surface area contributed by atoms with Crippen LogP contribution < -0.4 is 4.90 Å². The van der Waals surface area contributed by atoms with Crippen LogP contribution in [0.2, 0.25) is 0 Å². The maximum atomic E-state index is 9.39. The van der Waals surface area contributed by atoms with E-state index in [2.05, 4.69) is 30.9 Å². The Bertz CT molecular complexity index is 468. The Balaban J connectivity index is 2.39. The van der Waals surface area contributed by atoms with E-state index in [1.165, 1.54) is 24.1 Å². The predicted molar refractivity (Wildman–Crippen MR) is 78.4 cm³/mol. The maximum absolute atomic E-state index is 9.39. The Morgan fingerprint density at radius 3 is 2.53 bits per heavy atom. The third-order valence-corrected chi connectivity index (χ3v) is 3.69. The first-order valence-corrected chi connectivity index (χ1v) is 7.48. The summed E-state index contributed by atoms with van der Waals surface area (Å²) >= 11 is 0. The number of nitrogens with zero attached hydrogens (tertiary/aromatic N) is 3. The third-order valence-electron chi connectivity index (χ3n) is 3.69. The normalized spacial score (nSPS) is 13.7. The fourth-order valence-corrected chi connectivity index (χ4v) is 2.81. The minimum Gasteiger partial charge on any atom is -0.356 e. The molecule has 0 radical (unpaired) electrons. The highest BCUT2D eigenvalue weighted by atomic mass is 15.2. The third kappa shape index (κ3) is 3.07. The van der Waals surface area contributed by atoms with Gasteiger partial charge in [0, 0.05) is 18.8 Å². The molecule has 0 atom stereocenters. The molecule has 1 aromatic heterocycles. The molecule has 0 fully saturated rings. The van der Waals surface area contributed by atoms with Gasteiger partial charge in [-0.1, -0.05) is 13.8 Å². The van der Waals surface area contributed by atoms with Crippen molar-refractivity contribution in [3.63, 3.8) is 0 Å². The number of rotatable bonds is 5. The van der Waals surface area contributed by atoms with E-state index in [0.717, 1.165) is 50.2 Å². The van der Waals surface area contributed by atoms with Gasteiger partial charge in [-0.15, -0.1) is 0 Å². The lowest BCUT2D eigenvalue weighted by atomic mass is 9.95. The minimum absolute atomic E-state index is 0.752. The van der Waals surface area contributed by atoms with Gasteiger partial charge in [-0.3, -0.25) is 0 Å². The predicted octanol–water partition coefficient (Wildman–Crippen LogP) is 3.46. The van der Waals surface area contributed by atoms with Crippen molar-refractivity contribution in [2.45, 2.75) is 52.4 Å². The Morgan fingerprint density at radius 2 is 1.89 bits per heavy atom. The van der Waals surface area contributed by atoms with Crippen LogP contribution in [0.4, 0.5) is 5.82 Å². The Labute approximate surface area is 116 Å². The van der Waals surface area contributed by atoms with Crippen molar-refractivity contribution >= 4 is 5.82 Å². The van der Waals surface area contributed by atoms with Crippen molar-refractivity contribution in [2.75, 3.05) is 18.0 Å². The number of anilines is 1. The van der Waals surface area contributed by atoms with E-state index in [9.17, 15) is 5.26 Å². The lowest BCUT2D eigenvalue weighted by Gasteiger charge is -2.26. The topological polar surface area (TPSA) is 39.9 Å². The lowest BCUT2D eigenvalue weighted by molar-refractivity contribution is 0.660. The molecule has 1 aliphatic rings. The molecular weight excluding hydrogens is 234 g/mol. The van der Waals surface area contributed by atoms with Crippen LogP contribution in [0, 0.1) is 11.3 Å². The number of fused-ring (bicyclic) bond motifs is 1.